The van der Waals surface area contributed by atoms with Crippen LogP contribution in [0.2, 0.25) is 0 Å². The van der Waals surface area contributed by atoms with Crippen molar-refractivity contribution in [3.63, 3.8) is 0 Å². The van der Waals surface area contributed by atoms with Gasteiger partial charge in [0.1, 0.15) is 5.69 Å². The van der Waals surface area contributed by atoms with Gasteiger partial charge in [-0.3, -0.25) is 4.79 Å². The lowest BCUT2D eigenvalue weighted by Crippen LogP contribution is -2.42. The Bertz CT molecular complexity index is 394. The molecule has 0 aliphatic rings. The van der Waals surface area contributed by atoms with Gasteiger partial charge in [0.05, 0.1) is 0 Å². The standard InChI is InChI=1S/C13H20BrN3O/c1-4-17(5-2)9-10(3)16-13(18)12-11(14)7-6-8-15-12/h6-8,10H,4-5,9H2,1-3H3,(H,16,18). The van der Waals surface area contributed by atoms with Gasteiger partial charge in [-0.05, 0) is 48.1 Å². The molecule has 0 radical (unpaired) electrons. The van der Waals surface area contributed by atoms with Gasteiger partial charge in [0.2, 0.25) is 0 Å². The van der Waals surface area contributed by atoms with E-state index in [-0.39, 0.29) is 11.9 Å². The SMILES string of the molecule is CCN(CC)CC(C)NC(=O)c1ncccc1Br. The first-order chi connectivity index (χ1) is 8.58. The molecule has 100 valence electrons. The van der Waals surface area contributed by atoms with Crippen LogP contribution in [0, 0.1) is 0 Å². The summed E-state index contributed by atoms with van der Waals surface area (Å²) in [6, 6.07) is 3.71. The zero-order valence-corrected chi connectivity index (χ0v) is 12.7. The van der Waals surface area contributed by atoms with Crippen molar-refractivity contribution in [3.05, 3.63) is 28.5 Å². The lowest BCUT2D eigenvalue weighted by Gasteiger charge is -2.23. The monoisotopic (exact) mass is 313 g/mol. The summed E-state index contributed by atoms with van der Waals surface area (Å²) in [5.74, 6) is -0.137. The molecule has 0 aliphatic carbocycles. The van der Waals surface area contributed by atoms with Crippen LogP contribution in [0.25, 0.3) is 0 Å². The average molecular weight is 314 g/mol. The molecular weight excluding hydrogens is 294 g/mol. The third-order valence-electron chi connectivity index (χ3n) is 2.78. The Hall–Kier alpha value is -0.940. The van der Waals surface area contributed by atoms with Gasteiger partial charge in [-0.25, -0.2) is 4.98 Å². The third-order valence-corrected chi connectivity index (χ3v) is 3.42. The van der Waals surface area contributed by atoms with Gasteiger partial charge in [0.15, 0.2) is 0 Å². The molecule has 0 aromatic carbocycles. The maximum atomic E-state index is 12.0. The number of carbonyl (C=O) groups excluding carboxylic acids is 1. The molecular formula is C13H20BrN3O. The summed E-state index contributed by atoms with van der Waals surface area (Å²) in [6.07, 6.45) is 1.62. The zero-order valence-electron chi connectivity index (χ0n) is 11.1. The van der Waals surface area contributed by atoms with Crippen LogP contribution in [-0.4, -0.2) is 41.5 Å². The molecule has 0 fully saturated rings. The molecule has 1 N–H and O–H groups in total. The second-order valence-electron chi connectivity index (χ2n) is 4.19. The first-order valence-electron chi connectivity index (χ1n) is 6.22. The number of nitrogens with zero attached hydrogens (tertiary/aromatic N) is 2. The van der Waals surface area contributed by atoms with Crippen molar-refractivity contribution in [2.75, 3.05) is 19.6 Å². The second-order valence-corrected chi connectivity index (χ2v) is 5.05. The molecule has 5 heteroatoms. The van der Waals surface area contributed by atoms with Crippen molar-refractivity contribution in [1.29, 1.82) is 0 Å². The lowest BCUT2D eigenvalue weighted by atomic mass is 10.2. The van der Waals surface area contributed by atoms with Gasteiger partial charge in [0.25, 0.3) is 5.91 Å². The number of likely N-dealkylation sites (N-methyl/N-ethyl adjacent to an activating group) is 1. The number of hydrogen-bond acceptors (Lipinski definition) is 3. The van der Waals surface area contributed by atoms with Crippen LogP contribution < -0.4 is 5.32 Å². The largest absolute Gasteiger partial charge is 0.347 e. The number of halogens is 1. The molecule has 1 aromatic heterocycles. The minimum Gasteiger partial charge on any atom is -0.347 e. The smallest absolute Gasteiger partial charge is 0.271 e. The van der Waals surface area contributed by atoms with Crippen molar-refractivity contribution in [2.24, 2.45) is 0 Å². The summed E-state index contributed by atoms with van der Waals surface area (Å²) < 4.78 is 0.720. The van der Waals surface area contributed by atoms with E-state index in [1.165, 1.54) is 0 Å². The number of rotatable bonds is 6. The highest BCUT2D eigenvalue weighted by atomic mass is 79.9. The molecule has 0 spiro atoms. The minimum absolute atomic E-state index is 0.103. The van der Waals surface area contributed by atoms with Crippen molar-refractivity contribution in [1.82, 2.24) is 15.2 Å². The number of hydrogen-bond donors (Lipinski definition) is 1. The van der Waals surface area contributed by atoms with Crippen LogP contribution in [-0.2, 0) is 0 Å². The first kappa shape index (κ1) is 15.1. The van der Waals surface area contributed by atoms with E-state index < -0.39 is 0 Å². The van der Waals surface area contributed by atoms with Crippen molar-refractivity contribution < 1.29 is 4.79 Å². The maximum absolute atomic E-state index is 12.0. The Morgan fingerprint density at radius 2 is 2.17 bits per heavy atom. The molecule has 1 aromatic rings. The van der Waals surface area contributed by atoms with E-state index >= 15 is 0 Å². The highest BCUT2D eigenvalue weighted by Crippen LogP contribution is 2.13. The summed E-state index contributed by atoms with van der Waals surface area (Å²) in [6.45, 7) is 9.07. The van der Waals surface area contributed by atoms with E-state index in [1.807, 2.05) is 13.0 Å². The van der Waals surface area contributed by atoms with E-state index in [9.17, 15) is 4.79 Å². The second kappa shape index (κ2) is 7.48. The molecule has 1 atom stereocenters. The number of aromatic nitrogens is 1. The van der Waals surface area contributed by atoms with Gasteiger partial charge in [-0.15, -0.1) is 0 Å². The zero-order chi connectivity index (χ0) is 13.5. The Kier molecular flexibility index (Phi) is 6.29. The van der Waals surface area contributed by atoms with Crippen LogP contribution in [0.5, 0.6) is 0 Å². The molecule has 4 nitrogen and oxygen atoms in total. The summed E-state index contributed by atoms with van der Waals surface area (Å²) in [5, 5.41) is 2.96. The van der Waals surface area contributed by atoms with Crippen molar-refractivity contribution in [3.8, 4) is 0 Å². The Morgan fingerprint density at radius 1 is 1.50 bits per heavy atom. The quantitative estimate of drug-likeness (QED) is 0.876. The van der Waals surface area contributed by atoms with Crippen LogP contribution in [0.15, 0.2) is 22.8 Å². The number of amides is 1. The summed E-state index contributed by atoms with van der Waals surface area (Å²) in [7, 11) is 0. The molecule has 1 heterocycles. The van der Waals surface area contributed by atoms with Crippen molar-refractivity contribution >= 4 is 21.8 Å². The number of pyridine rings is 1. The molecule has 1 amide bonds. The van der Waals surface area contributed by atoms with Gasteiger partial charge in [-0.1, -0.05) is 13.8 Å². The van der Waals surface area contributed by atoms with Crippen LogP contribution >= 0.6 is 15.9 Å². The Labute approximate surface area is 117 Å². The third kappa shape index (κ3) is 4.38. The highest BCUT2D eigenvalue weighted by molar-refractivity contribution is 9.10. The summed E-state index contributed by atoms with van der Waals surface area (Å²) in [5.41, 5.74) is 0.434. The molecule has 0 saturated heterocycles. The number of nitrogens with one attached hydrogen (secondary N) is 1. The van der Waals surface area contributed by atoms with Gasteiger partial charge >= 0.3 is 0 Å². The molecule has 1 rings (SSSR count). The fourth-order valence-electron chi connectivity index (χ4n) is 1.76. The predicted octanol–water partition coefficient (Wildman–Crippen LogP) is 2.30. The molecule has 0 aliphatic heterocycles. The molecule has 0 bridgehead atoms. The first-order valence-corrected chi connectivity index (χ1v) is 7.01. The van der Waals surface area contributed by atoms with E-state index in [4.69, 9.17) is 0 Å². The highest BCUT2D eigenvalue weighted by Gasteiger charge is 2.15. The predicted molar refractivity (Wildman–Crippen MR) is 76.7 cm³/mol. The normalized spacial score (nSPS) is 12.5. The van der Waals surface area contributed by atoms with E-state index in [2.05, 4.69) is 45.0 Å². The van der Waals surface area contributed by atoms with Gasteiger partial charge in [-0.2, -0.15) is 0 Å². The number of carbonyl (C=O) groups is 1. The summed E-state index contributed by atoms with van der Waals surface area (Å²) >= 11 is 3.33. The van der Waals surface area contributed by atoms with Gasteiger partial charge < -0.3 is 10.2 Å². The van der Waals surface area contributed by atoms with E-state index in [0.29, 0.717) is 5.69 Å². The molecule has 1 unspecified atom stereocenters. The minimum atomic E-state index is -0.137. The van der Waals surface area contributed by atoms with Gasteiger partial charge in [0, 0.05) is 23.3 Å². The lowest BCUT2D eigenvalue weighted by molar-refractivity contribution is 0.0924. The summed E-state index contributed by atoms with van der Waals surface area (Å²) in [4.78, 5) is 18.4. The van der Waals surface area contributed by atoms with Crippen LogP contribution in [0.4, 0.5) is 0 Å². The Balaban J connectivity index is 2.57. The van der Waals surface area contributed by atoms with Crippen LogP contribution in [0.1, 0.15) is 31.3 Å². The topological polar surface area (TPSA) is 45.2 Å². The maximum Gasteiger partial charge on any atom is 0.271 e. The van der Waals surface area contributed by atoms with Crippen molar-refractivity contribution in [2.45, 2.75) is 26.8 Å². The Morgan fingerprint density at radius 3 is 2.72 bits per heavy atom. The molecule has 18 heavy (non-hydrogen) atoms. The average Bonchev–Trinajstić information content (AvgIpc) is 2.36. The van der Waals surface area contributed by atoms with E-state index in [0.717, 1.165) is 24.1 Å². The molecule has 0 saturated carbocycles. The van der Waals surface area contributed by atoms with Crippen LogP contribution in [0.3, 0.4) is 0 Å². The fourth-order valence-corrected chi connectivity index (χ4v) is 2.19. The van der Waals surface area contributed by atoms with E-state index in [1.54, 1.807) is 12.3 Å². The fraction of sp³-hybridized carbons (Fsp3) is 0.538.